The van der Waals surface area contributed by atoms with Crippen molar-refractivity contribution in [2.75, 3.05) is 4.90 Å². The lowest BCUT2D eigenvalue weighted by Gasteiger charge is -2.25. The number of hydrogen-bond donors (Lipinski definition) is 0. The smallest absolute Gasteiger partial charge is 0.180 e. The van der Waals surface area contributed by atoms with E-state index in [1.54, 1.807) is 0 Å². The average molecular weight is 365 g/mol. The first kappa shape index (κ1) is 17.7. The molecule has 3 aromatic carbocycles. The molecule has 23 heavy (non-hydrogen) atoms. The van der Waals surface area contributed by atoms with Crippen LogP contribution in [-0.4, -0.2) is 4.30 Å². The molecule has 0 N–H and O–H groups in total. The minimum absolute atomic E-state index is 0.750. The summed E-state index contributed by atoms with van der Waals surface area (Å²) in [4.78, 5) is 2.25. The van der Waals surface area contributed by atoms with Crippen LogP contribution in [0.15, 0.2) is 91.0 Å². The number of nitrogens with zero attached hydrogens (tertiary/aromatic N) is 1. The third-order valence-electron chi connectivity index (χ3n) is 3.04. The molecule has 0 heterocycles. The first-order chi connectivity index (χ1) is 11.2. The molecule has 0 radical (unpaired) electrons. The fourth-order valence-electron chi connectivity index (χ4n) is 2.18. The Balaban J connectivity index is 0.000000433. The molecule has 0 bridgehead atoms. The first-order valence-electron chi connectivity index (χ1n) is 7.06. The predicted molar refractivity (Wildman–Crippen MR) is 102 cm³/mol. The second-order valence-electron chi connectivity index (χ2n) is 4.59. The van der Waals surface area contributed by atoms with Crippen molar-refractivity contribution in [1.82, 2.24) is 0 Å². The maximum Gasteiger partial charge on any atom is 0.180 e. The Kier molecular flexibility index (Phi) is 7.28. The van der Waals surface area contributed by atoms with Gasteiger partial charge in [0.2, 0.25) is 0 Å². The molecule has 0 aliphatic carbocycles. The van der Waals surface area contributed by atoms with Crippen molar-refractivity contribution < 1.29 is 0 Å². The summed E-state index contributed by atoms with van der Waals surface area (Å²) in [6, 6.07) is 31.3. The number of halogens is 3. The number of alkyl halides is 3. The van der Waals surface area contributed by atoms with Gasteiger partial charge in [0.1, 0.15) is 0 Å². The predicted octanol–water partition coefficient (Wildman–Crippen LogP) is 7.14. The van der Waals surface area contributed by atoms with Crippen molar-refractivity contribution in [3.05, 3.63) is 91.0 Å². The molecule has 0 aliphatic rings. The van der Waals surface area contributed by atoms with Gasteiger partial charge >= 0.3 is 0 Å². The summed E-state index contributed by atoms with van der Waals surface area (Å²) in [5.74, 6) is 0. The van der Waals surface area contributed by atoms with E-state index in [-0.39, 0.29) is 0 Å². The number of para-hydroxylation sites is 3. The lowest BCUT2D eigenvalue weighted by molar-refractivity contribution is 1.28. The molecule has 118 valence electrons. The van der Waals surface area contributed by atoms with Crippen LogP contribution >= 0.6 is 34.8 Å². The molecular weight excluding hydrogens is 349 g/mol. The molecule has 0 atom stereocenters. The van der Waals surface area contributed by atoms with E-state index in [4.69, 9.17) is 34.8 Å². The maximum absolute atomic E-state index is 4.81. The van der Waals surface area contributed by atoms with Crippen LogP contribution in [0, 0.1) is 0 Å². The number of anilines is 3. The molecular formula is C19H16Cl3N. The zero-order chi connectivity index (χ0) is 16.5. The molecule has 0 saturated carbocycles. The summed E-state index contributed by atoms with van der Waals surface area (Å²) in [7, 11) is 0. The lowest BCUT2D eigenvalue weighted by atomic mass is 10.2. The molecule has 3 rings (SSSR count). The van der Waals surface area contributed by atoms with Crippen molar-refractivity contribution in [2.24, 2.45) is 0 Å². The van der Waals surface area contributed by atoms with Gasteiger partial charge in [0.25, 0.3) is 0 Å². The molecule has 0 fully saturated rings. The van der Waals surface area contributed by atoms with Crippen LogP contribution in [0.5, 0.6) is 0 Å². The van der Waals surface area contributed by atoms with Crippen LogP contribution in [0.4, 0.5) is 17.1 Å². The van der Waals surface area contributed by atoms with Crippen LogP contribution in [0.3, 0.4) is 0 Å². The van der Waals surface area contributed by atoms with Crippen molar-refractivity contribution >= 4 is 51.9 Å². The van der Waals surface area contributed by atoms with E-state index in [1.807, 2.05) is 18.2 Å². The zero-order valence-electron chi connectivity index (χ0n) is 12.3. The normalized spacial score (nSPS) is 9.91. The minimum Gasteiger partial charge on any atom is -0.311 e. The minimum atomic E-state index is -0.750. The molecule has 3 aromatic rings. The van der Waals surface area contributed by atoms with Gasteiger partial charge in [0, 0.05) is 17.1 Å². The largest absolute Gasteiger partial charge is 0.311 e. The summed E-state index contributed by atoms with van der Waals surface area (Å²) in [5.41, 5.74) is 3.50. The summed E-state index contributed by atoms with van der Waals surface area (Å²) in [6.07, 6.45) is 0. The molecule has 4 heteroatoms. The molecule has 0 saturated heterocycles. The first-order valence-corrected chi connectivity index (χ1v) is 8.37. The van der Waals surface area contributed by atoms with Gasteiger partial charge in [-0.1, -0.05) is 89.4 Å². The van der Waals surface area contributed by atoms with Crippen LogP contribution in [0.1, 0.15) is 0 Å². The van der Waals surface area contributed by atoms with Gasteiger partial charge in [-0.15, -0.1) is 0 Å². The monoisotopic (exact) mass is 363 g/mol. The van der Waals surface area contributed by atoms with Crippen molar-refractivity contribution in [3.8, 4) is 0 Å². The highest BCUT2D eigenvalue weighted by Crippen LogP contribution is 2.33. The Morgan fingerprint density at radius 2 is 0.696 bits per heavy atom. The van der Waals surface area contributed by atoms with Gasteiger partial charge in [-0.05, 0) is 36.4 Å². The SMILES string of the molecule is ClC(Cl)Cl.c1ccc(N(c2ccccc2)c2ccccc2)cc1. The zero-order valence-corrected chi connectivity index (χ0v) is 14.6. The summed E-state index contributed by atoms with van der Waals surface area (Å²) >= 11 is 14.4. The number of hydrogen-bond acceptors (Lipinski definition) is 1. The Bertz CT molecular complexity index is 576. The van der Waals surface area contributed by atoms with E-state index < -0.39 is 4.30 Å². The fraction of sp³-hybridized carbons (Fsp3) is 0.0526. The summed E-state index contributed by atoms with van der Waals surface area (Å²) < 4.78 is -0.750. The third kappa shape index (κ3) is 5.80. The van der Waals surface area contributed by atoms with Gasteiger partial charge in [-0.3, -0.25) is 0 Å². The standard InChI is InChI=1S/C18H15N.CHCl3/c1-4-10-16(11-5-1)19(17-12-6-2-7-13-17)18-14-8-3-9-15-18;2-1(3)4/h1-15H;1H. The maximum atomic E-state index is 4.81. The Hall–Kier alpha value is -1.67. The van der Waals surface area contributed by atoms with Crippen LogP contribution in [0.2, 0.25) is 0 Å². The second-order valence-corrected chi connectivity index (χ2v) is 6.57. The van der Waals surface area contributed by atoms with Gasteiger partial charge in [-0.2, -0.15) is 0 Å². The van der Waals surface area contributed by atoms with Crippen LogP contribution < -0.4 is 4.90 Å². The third-order valence-corrected chi connectivity index (χ3v) is 3.04. The van der Waals surface area contributed by atoms with Gasteiger partial charge < -0.3 is 4.90 Å². The summed E-state index contributed by atoms with van der Waals surface area (Å²) in [5, 5.41) is 0. The Labute approximate surface area is 152 Å². The van der Waals surface area contributed by atoms with E-state index in [9.17, 15) is 0 Å². The van der Waals surface area contributed by atoms with Crippen molar-refractivity contribution in [2.45, 2.75) is 4.30 Å². The van der Waals surface area contributed by atoms with Gasteiger partial charge in [0.05, 0.1) is 0 Å². The second kappa shape index (κ2) is 9.46. The molecule has 0 amide bonds. The summed E-state index contributed by atoms with van der Waals surface area (Å²) in [6.45, 7) is 0. The Morgan fingerprint density at radius 3 is 0.913 bits per heavy atom. The highest BCUT2D eigenvalue weighted by atomic mass is 35.6. The fourth-order valence-corrected chi connectivity index (χ4v) is 2.18. The molecule has 0 aliphatic heterocycles. The number of benzene rings is 3. The van der Waals surface area contributed by atoms with E-state index in [0.29, 0.717) is 0 Å². The highest BCUT2D eigenvalue weighted by molar-refractivity contribution is 6.63. The van der Waals surface area contributed by atoms with E-state index in [2.05, 4.69) is 77.7 Å². The highest BCUT2D eigenvalue weighted by Gasteiger charge is 2.10. The quantitative estimate of drug-likeness (QED) is 0.446. The molecule has 0 aromatic heterocycles. The van der Waals surface area contributed by atoms with Crippen molar-refractivity contribution in [1.29, 1.82) is 0 Å². The molecule has 0 unspecified atom stereocenters. The van der Waals surface area contributed by atoms with E-state index in [0.717, 1.165) is 0 Å². The van der Waals surface area contributed by atoms with E-state index in [1.165, 1.54) is 17.1 Å². The van der Waals surface area contributed by atoms with Crippen molar-refractivity contribution in [3.63, 3.8) is 0 Å². The van der Waals surface area contributed by atoms with Crippen LogP contribution in [-0.2, 0) is 0 Å². The Morgan fingerprint density at radius 1 is 0.478 bits per heavy atom. The molecule has 1 nitrogen and oxygen atoms in total. The molecule has 0 spiro atoms. The van der Waals surface area contributed by atoms with E-state index >= 15 is 0 Å². The number of rotatable bonds is 3. The lowest BCUT2D eigenvalue weighted by Crippen LogP contribution is -2.09. The van der Waals surface area contributed by atoms with Gasteiger partial charge in [-0.25, -0.2) is 0 Å². The van der Waals surface area contributed by atoms with Crippen LogP contribution in [0.25, 0.3) is 0 Å². The topological polar surface area (TPSA) is 3.24 Å². The van der Waals surface area contributed by atoms with Gasteiger partial charge in [0.15, 0.2) is 4.30 Å². The average Bonchev–Trinajstić information content (AvgIpc) is 2.58.